The number of rotatable bonds is 8. The van der Waals surface area contributed by atoms with Crippen LogP contribution < -0.4 is 5.32 Å². The molecule has 3 N–H and O–H groups in total. The molecule has 1 aliphatic rings. The fraction of sp³-hybridized carbons (Fsp3) is 0.765. The highest BCUT2D eigenvalue weighted by molar-refractivity contribution is 5.74. The molecule has 1 fully saturated rings. The van der Waals surface area contributed by atoms with Gasteiger partial charge in [0, 0.05) is 13.3 Å². The molecule has 1 aliphatic heterocycles. The lowest BCUT2D eigenvalue weighted by Gasteiger charge is -2.43. The first-order valence-electron chi connectivity index (χ1n) is 8.28. The Morgan fingerprint density at radius 2 is 2.08 bits per heavy atom. The summed E-state index contributed by atoms with van der Waals surface area (Å²) in [6.07, 6.45) is 1.86. The Kier molecular flexibility index (Phi) is 8.86. The van der Waals surface area contributed by atoms with Crippen LogP contribution in [-0.4, -0.2) is 65.9 Å². The Balaban J connectivity index is 2.97. The fourth-order valence-electron chi connectivity index (χ4n) is 2.38. The van der Waals surface area contributed by atoms with Crippen LogP contribution in [-0.2, 0) is 23.8 Å². The van der Waals surface area contributed by atoms with Crippen molar-refractivity contribution in [3.05, 3.63) is 0 Å². The third-order valence-corrected chi connectivity index (χ3v) is 3.69. The van der Waals surface area contributed by atoms with Gasteiger partial charge >= 0.3 is 5.97 Å². The van der Waals surface area contributed by atoms with Gasteiger partial charge in [-0.05, 0) is 6.42 Å². The van der Waals surface area contributed by atoms with Crippen LogP contribution >= 0.6 is 0 Å². The molecule has 0 aromatic carbocycles. The van der Waals surface area contributed by atoms with Gasteiger partial charge in [-0.2, -0.15) is 0 Å². The normalized spacial score (nSPS) is 29.1. The molecule has 1 amide bonds. The lowest BCUT2D eigenvalue weighted by atomic mass is 9.96. The van der Waals surface area contributed by atoms with Crippen molar-refractivity contribution in [3.63, 3.8) is 0 Å². The first kappa shape index (κ1) is 21.4. The van der Waals surface area contributed by atoms with Gasteiger partial charge in [-0.3, -0.25) is 9.59 Å². The Hall–Kier alpha value is -1.66. The van der Waals surface area contributed by atoms with Crippen LogP contribution in [0.25, 0.3) is 0 Å². The third-order valence-electron chi connectivity index (χ3n) is 3.69. The van der Waals surface area contributed by atoms with Crippen LogP contribution in [0.2, 0.25) is 0 Å². The standard InChI is InChI=1S/C17H27NO7/c1-5-6-7-8-23-17-13(18-11(4)20)15(25-16(22)10(2)3)14(21)12(9-19)24-17/h1,10,12-15,17,19,21H,6-9H2,2-4H3,(H,18,20)/t12-,13-,14+,15-,17-/m1/s1. The first-order chi connectivity index (χ1) is 11.8. The van der Waals surface area contributed by atoms with Crippen molar-refractivity contribution in [2.45, 2.75) is 64.3 Å². The smallest absolute Gasteiger partial charge is 0.308 e. The summed E-state index contributed by atoms with van der Waals surface area (Å²) in [5.41, 5.74) is 0. The second-order valence-electron chi connectivity index (χ2n) is 6.18. The molecule has 0 saturated carbocycles. The summed E-state index contributed by atoms with van der Waals surface area (Å²) in [5.74, 6) is 1.13. The number of amides is 1. The third kappa shape index (κ3) is 6.29. The zero-order chi connectivity index (χ0) is 19.0. The molecule has 1 saturated heterocycles. The van der Waals surface area contributed by atoms with Gasteiger partial charge in [-0.1, -0.05) is 13.8 Å². The van der Waals surface area contributed by atoms with Crippen LogP contribution in [0.1, 0.15) is 33.6 Å². The summed E-state index contributed by atoms with van der Waals surface area (Å²) in [6, 6.07) is -0.913. The van der Waals surface area contributed by atoms with Gasteiger partial charge in [-0.15, -0.1) is 12.3 Å². The number of carbonyl (C=O) groups excluding carboxylic acids is 2. The van der Waals surface area contributed by atoms with Crippen LogP contribution in [0.4, 0.5) is 0 Å². The van der Waals surface area contributed by atoms with E-state index in [1.165, 1.54) is 6.92 Å². The summed E-state index contributed by atoms with van der Waals surface area (Å²) in [6.45, 7) is 4.36. The minimum atomic E-state index is -1.31. The topological polar surface area (TPSA) is 114 Å². The minimum absolute atomic E-state index is 0.254. The monoisotopic (exact) mass is 357 g/mol. The van der Waals surface area contributed by atoms with Gasteiger partial charge in [-0.25, -0.2) is 0 Å². The van der Waals surface area contributed by atoms with E-state index in [1.807, 2.05) is 0 Å². The average molecular weight is 357 g/mol. The van der Waals surface area contributed by atoms with Crippen molar-refractivity contribution in [3.8, 4) is 12.3 Å². The number of ether oxygens (including phenoxy) is 3. The van der Waals surface area contributed by atoms with Crippen molar-refractivity contribution >= 4 is 11.9 Å². The summed E-state index contributed by atoms with van der Waals surface area (Å²) >= 11 is 0. The molecule has 8 nitrogen and oxygen atoms in total. The lowest BCUT2D eigenvalue weighted by Crippen LogP contribution is -2.65. The molecule has 8 heteroatoms. The number of unbranched alkanes of at least 4 members (excludes halogenated alkanes) is 1. The zero-order valence-electron chi connectivity index (χ0n) is 14.8. The fourth-order valence-corrected chi connectivity index (χ4v) is 2.38. The van der Waals surface area contributed by atoms with Crippen LogP contribution in [0, 0.1) is 18.3 Å². The zero-order valence-corrected chi connectivity index (χ0v) is 14.8. The van der Waals surface area contributed by atoms with Gasteiger partial charge in [0.05, 0.1) is 19.1 Å². The molecule has 142 valence electrons. The number of hydrogen-bond acceptors (Lipinski definition) is 7. The maximum Gasteiger partial charge on any atom is 0.308 e. The number of terminal acetylenes is 1. The Bertz CT molecular complexity index is 488. The summed E-state index contributed by atoms with van der Waals surface area (Å²) in [4.78, 5) is 23.5. The quantitative estimate of drug-likeness (QED) is 0.307. The largest absolute Gasteiger partial charge is 0.457 e. The molecule has 0 spiro atoms. The molecule has 0 aromatic rings. The number of nitrogens with one attached hydrogen (secondary N) is 1. The molecular formula is C17H27NO7. The van der Waals surface area contributed by atoms with Gasteiger partial charge in [0.15, 0.2) is 12.4 Å². The summed E-state index contributed by atoms with van der Waals surface area (Å²) in [7, 11) is 0. The predicted molar refractivity (Wildman–Crippen MR) is 88.1 cm³/mol. The highest BCUT2D eigenvalue weighted by Gasteiger charge is 2.48. The highest BCUT2D eigenvalue weighted by Crippen LogP contribution is 2.25. The van der Waals surface area contributed by atoms with Crippen molar-refractivity contribution in [1.29, 1.82) is 0 Å². The molecule has 1 rings (SSSR count). The van der Waals surface area contributed by atoms with Crippen molar-refractivity contribution < 1.29 is 34.0 Å². The van der Waals surface area contributed by atoms with Crippen molar-refractivity contribution in [2.24, 2.45) is 5.92 Å². The van der Waals surface area contributed by atoms with E-state index in [1.54, 1.807) is 13.8 Å². The average Bonchev–Trinajstić information content (AvgIpc) is 2.55. The maximum absolute atomic E-state index is 12.0. The van der Waals surface area contributed by atoms with E-state index < -0.39 is 55.0 Å². The molecule has 0 unspecified atom stereocenters. The molecule has 0 aliphatic carbocycles. The predicted octanol–water partition coefficient (Wildman–Crippen LogP) is -0.433. The van der Waals surface area contributed by atoms with Gasteiger partial charge in [0.1, 0.15) is 18.2 Å². The van der Waals surface area contributed by atoms with E-state index in [-0.39, 0.29) is 6.61 Å². The summed E-state index contributed by atoms with van der Waals surface area (Å²) < 4.78 is 16.5. The first-order valence-corrected chi connectivity index (χ1v) is 8.28. The molecule has 25 heavy (non-hydrogen) atoms. The van der Waals surface area contributed by atoms with Gasteiger partial charge in [0.2, 0.25) is 5.91 Å². The van der Waals surface area contributed by atoms with E-state index >= 15 is 0 Å². The minimum Gasteiger partial charge on any atom is -0.457 e. The van der Waals surface area contributed by atoms with Crippen molar-refractivity contribution in [2.75, 3.05) is 13.2 Å². The summed E-state index contributed by atoms with van der Waals surface area (Å²) in [5, 5.41) is 22.4. The van der Waals surface area contributed by atoms with Crippen LogP contribution in [0.3, 0.4) is 0 Å². The molecule has 0 aromatic heterocycles. The van der Waals surface area contributed by atoms with E-state index in [4.69, 9.17) is 20.6 Å². The number of aliphatic hydroxyl groups is 2. The Morgan fingerprint density at radius 1 is 1.40 bits per heavy atom. The second-order valence-corrected chi connectivity index (χ2v) is 6.18. The van der Waals surface area contributed by atoms with E-state index in [0.717, 1.165) is 0 Å². The van der Waals surface area contributed by atoms with E-state index in [9.17, 15) is 19.8 Å². The number of hydrogen-bond donors (Lipinski definition) is 3. The highest BCUT2D eigenvalue weighted by atomic mass is 16.7. The SMILES string of the molecule is C#CCCCO[C@@H]1O[C@H](CO)[C@H](O)[C@H](OC(=O)C(C)C)[C@H]1NC(C)=O. The molecule has 0 bridgehead atoms. The Labute approximate surface area is 147 Å². The maximum atomic E-state index is 12.0. The molecular weight excluding hydrogens is 330 g/mol. The number of carbonyl (C=O) groups is 2. The van der Waals surface area contributed by atoms with Crippen LogP contribution in [0.15, 0.2) is 0 Å². The lowest BCUT2D eigenvalue weighted by molar-refractivity contribution is -0.274. The molecule has 0 radical (unpaired) electrons. The second kappa shape index (κ2) is 10.4. The molecule has 1 heterocycles. The van der Waals surface area contributed by atoms with Crippen LogP contribution in [0.5, 0.6) is 0 Å². The van der Waals surface area contributed by atoms with Gasteiger partial charge in [0.25, 0.3) is 0 Å². The number of aliphatic hydroxyl groups excluding tert-OH is 2. The van der Waals surface area contributed by atoms with E-state index in [0.29, 0.717) is 12.8 Å². The number of esters is 1. The van der Waals surface area contributed by atoms with Gasteiger partial charge < -0.3 is 29.7 Å². The van der Waals surface area contributed by atoms with Crippen molar-refractivity contribution in [1.82, 2.24) is 5.32 Å². The van der Waals surface area contributed by atoms with E-state index in [2.05, 4.69) is 11.2 Å². The Morgan fingerprint density at radius 3 is 2.60 bits per heavy atom. The molecule has 5 atom stereocenters.